The zero-order valence-electron chi connectivity index (χ0n) is 20.5. The Labute approximate surface area is 201 Å². The van der Waals surface area contributed by atoms with Crippen molar-refractivity contribution < 1.29 is 23.1 Å². The number of hydrogen-bond donors (Lipinski definition) is 1. The molecule has 3 rings (SSSR count). The maximum Gasteiger partial charge on any atom is 0.416 e. The highest BCUT2D eigenvalue weighted by Crippen LogP contribution is 2.43. The van der Waals surface area contributed by atoms with Gasteiger partial charge in [-0.25, -0.2) is 0 Å². The largest absolute Gasteiger partial charge is 0.481 e. The minimum atomic E-state index is -4.38. The van der Waals surface area contributed by atoms with Crippen molar-refractivity contribution in [1.82, 2.24) is 4.90 Å². The number of hydrogen-bond acceptors (Lipinski definition) is 2. The molecule has 0 aliphatic carbocycles. The van der Waals surface area contributed by atoms with E-state index >= 15 is 0 Å². The number of alkyl halides is 3. The number of rotatable bonds is 7. The third kappa shape index (κ3) is 6.41. The van der Waals surface area contributed by atoms with E-state index in [1.54, 1.807) is 12.1 Å². The molecule has 1 fully saturated rings. The van der Waals surface area contributed by atoms with Crippen molar-refractivity contribution in [2.45, 2.75) is 83.5 Å². The number of likely N-dealkylation sites (tertiary alicyclic amines) is 1. The van der Waals surface area contributed by atoms with Gasteiger partial charge >= 0.3 is 12.1 Å². The molecule has 0 bridgehead atoms. The summed E-state index contributed by atoms with van der Waals surface area (Å²) in [4.78, 5) is 13.8. The van der Waals surface area contributed by atoms with Crippen LogP contribution in [0, 0.1) is 5.92 Å². The standard InChI is InChI=1S/C28H36F3NO2/c1-5-6-24(20-7-11-22(12-8-20)27(2,3)4)32-16-15-19(18-26(33)34)17-25(32)21-9-13-23(14-10-21)28(29,30)31/h7-14,19,24-25H,5-6,15-18H2,1-4H3,(H,33,34). The van der Waals surface area contributed by atoms with Gasteiger partial charge in [-0.3, -0.25) is 9.69 Å². The van der Waals surface area contributed by atoms with Crippen LogP contribution in [0.3, 0.4) is 0 Å². The van der Waals surface area contributed by atoms with Crippen molar-refractivity contribution in [1.29, 1.82) is 0 Å². The van der Waals surface area contributed by atoms with Crippen LogP contribution in [0.25, 0.3) is 0 Å². The van der Waals surface area contributed by atoms with Gasteiger partial charge in [-0.15, -0.1) is 0 Å². The van der Waals surface area contributed by atoms with E-state index in [1.165, 1.54) is 11.1 Å². The fourth-order valence-corrected chi connectivity index (χ4v) is 5.09. The summed E-state index contributed by atoms with van der Waals surface area (Å²) in [7, 11) is 0. The molecule has 6 heteroatoms. The fraction of sp³-hybridized carbons (Fsp3) is 0.536. The van der Waals surface area contributed by atoms with E-state index in [4.69, 9.17) is 0 Å². The van der Waals surface area contributed by atoms with Gasteiger partial charge in [0.15, 0.2) is 0 Å². The molecule has 3 unspecified atom stereocenters. The Kier molecular flexibility index (Phi) is 8.12. The maximum atomic E-state index is 13.1. The Morgan fingerprint density at radius 3 is 2.12 bits per heavy atom. The van der Waals surface area contributed by atoms with Gasteiger partial charge in [-0.05, 0) is 66.0 Å². The van der Waals surface area contributed by atoms with Crippen LogP contribution in [0.15, 0.2) is 48.5 Å². The fourth-order valence-electron chi connectivity index (χ4n) is 5.09. The second-order valence-electron chi connectivity index (χ2n) is 10.5. The lowest BCUT2D eigenvalue weighted by Crippen LogP contribution is -2.40. The predicted octanol–water partition coefficient (Wildman–Crippen LogP) is 7.77. The summed E-state index contributed by atoms with van der Waals surface area (Å²) in [5.41, 5.74) is 2.66. The molecule has 0 spiro atoms. The molecule has 0 aromatic heterocycles. The molecule has 1 saturated heterocycles. The quantitative estimate of drug-likeness (QED) is 0.445. The third-order valence-electron chi connectivity index (χ3n) is 6.96. The highest BCUT2D eigenvalue weighted by Gasteiger charge is 2.36. The van der Waals surface area contributed by atoms with Gasteiger partial charge < -0.3 is 5.11 Å². The Morgan fingerprint density at radius 1 is 1.03 bits per heavy atom. The number of carbonyl (C=O) groups is 1. The van der Waals surface area contributed by atoms with Crippen LogP contribution >= 0.6 is 0 Å². The van der Waals surface area contributed by atoms with E-state index in [1.807, 2.05) is 0 Å². The summed E-state index contributed by atoms with van der Waals surface area (Å²) < 4.78 is 39.4. The van der Waals surface area contributed by atoms with Crippen LogP contribution in [0.1, 0.15) is 94.1 Å². The first-order valence-corrected chi connectivity index (χ1v) is 12.1. The molecule has 34 heavy (non-hydrogen) atoms. The summed E-state index contributed by atoms with van der Waals surface area (Å²) in [6.45, 7) is 9.40. The normalized spacial score (nSPS) is 20.8. The summed E-state index contributed by atoms with van der Waals surface area (Å²) in [6.07, 6.45) is -1.00. The molecular formula is C28H36F3NO2. The van der Waals surface area contributed by atoms with Crippen molar-refractivity contribution in [3.63, 3.8) is 0 Å². The highest BCUT2D eigenvalue weighted by atomic mass is 19.4. The number of aliphatic carboxylic acids is 1. The van der Waals surface area contributed by atoms with Crippen molar-refractivity contribution in [2.24, 2.45) is 5.92 Å². The van der Waals surface area contributed by atoms with Crippen LogP contribution < -0.4 is 0 Å². The van der Waals surface area contributed by atoms with Gasteiger partial charge in [0.2, 0.25) is 0 Å². The number of piperidine rings is 1. The summed E-state index contributed by atoms with van der Waals surface area (Å²) >= 11 is 0. The Hall–Kier alpha value is -2.34. The molecule has 1 heterocycles. The minimum Gasteiger partial charge on any atom is -0.481 e. The smallest absolute Gasteiger partial charge is 0.416 e. The lowest BCUT2D eigenvalue weighted by Gasteiger charge is -2.44. The molecule has 1 aliphatic rings. The van der Waals surface area contributed by atoms with Crippen molar-refractivity contribution in [3.8, 4) is 0 Å². The maximum absolute atomic E-state index is 13.1. The van der Waals surface area contributed by atoms with Gasteiger partial charge in [0, 0.05) is 18.5 Å². The van der Waals surface area contributed by atoms with E-state index in [9.17, 15) is 23.1 Å². The number of benzene rings is 2. The summed E-state index contributed by atoms with van der Waals surface area (Å²) in [6, 6.07) is 14.1. The average Bonchev–Trinajstić information content (AvgIpc) is 2.76. The predicted molar refractivity (Wildman–Crippen MR) is 129 cm³/mol. The van der Waals surface area contributed by atoms with Crippen LogP contribution in [-0.4, -0.2) is 22.5 Å². The number of carboxylic acids is 1. The Bertz CT molecular complexity index is 946. The number of nitrogens with zero attached hydrogens (tertiary/aromatic N) is 1. The topological polar surface area (TPSA) is 40.5 Å². The van der Waals surface area contributed by atoms with Crippen LogP contribution in [0.4, 0.5) is 13.2 Å². The SMILES string of the molecule is CCCC(c1ccc(C(C)(C)C)cc1)N1CCC(CC(=O)O)CC1c1ccc(C(F)(F)F)cc1. The lowest BCUT2D eigenvalue weighted by molar-refractivity contribution is -0.139. The van der Waals surface area contributed by atoms with Crippen LogP contribution in [-0.2, 0) is 16.4 Å². The molecule has 186 valence electrons. The Morgan fingerprint density at radius 2 is 1.62 bits per heavy atom. The lowest BCUT2D eigenvalue weighted by atomic mass is 9.82. The molecule has 1 aliphatic heterocycles. The van der Waals surface area contributed by atoms with E-state index in [0.29, 0.717) is 6.42 Å². The van der Waals surface area contributed by atoms with Crippen LogP contribution in [0.2, 0.25) is 0 Å². The van der Waals surface area contributed by atoms with Crippen LogP contribution in [0.5, 0.6) is 0 Å². The third-order valence-corrected chi connectivity index (χ3v) is 6.96. The number of halogens is 3. The molecule has 3 atom stereocenters. The van der Waals surface area contributed by atoms with Gasteiger partial charge in [0.1, 0.15) is 0 Å². The first-order valence-electron chi connectivity index (χ1n) is 12.1. The summed E-state index contributed by atoms with van der Waals surface area (Å²) in [5.74, 6) is -0.820. The van der Waals surface area contributed by atoms with Gasteiger partial charge in [-0.1, -0.05) is 70.5 Å². The van der Waals surface area contributed by atoms with E-state index in [2.05, 4.69) is 56.9 Å². The van der Waals surface area contributed by atoms with Crippen molar-refractivity contribution in [3.05, 3.63) is 70.8 Å². The van der Waals surface area contributed by atoms with E-state index in [0.717, 1.165) is 43.5 Å². The molecule has 2 aromatic carbocycles. The second kappa shape index (κ2) is 10.5. The van der Waals surface area contributed by atoms with Gasteiger partial charge in [-0.2, -0.15) is 13.2 Å². The highest BCUT2D eigenvalue weighted by molar-refractivity contribution is 5.67. The zero-order valence-corrected chi connectivity index (χ0v) is 20.5. The molecule has 2 aromatic rings. The molecule has 3 nitrogen and oxygen atoms in total. The molecule has 0 saturated carbocycles. The van der Waals surface area contributed by atoms with Crippen molar-refractivity contribution >= 4 is 5.97 Å². The second-order valence-corrected chi connectivity index (χ2v) is 10.5. The monoisotopic (exact) mass is 475 g/mol. The van der Waals surface area contributed by atoms with Gasteiger partial charge in [0.25, 0.3) is 0 Å². The summed E-state index contributed by atoms with van der Waals surface area (Å²) in [5, 5.41) is 9.34. The first-order chi connectivity index (χ1) is 15.9. The molecular weight excluding hydrogens is 439 g/mol. The molecule has 0 radical (unpaired) electrons. The van der Waals surface area contributed by atoms with Gasteiger partial charge in [0.05, 0.1) is 5.56 Å². The molecule has 0 amide bonds. The molecule has 1 N–H and O–H groups in total. The van der Waals surface area contributed by atoms with E-state index in [-0.39, 0.29) is 29.8 Å². The first kappa shape index (κ1) is 26.3. The Balaban J connectivity index is 1.96. The number of carboxylic acid groups (broad SMARTS) is 1. The van der Waals surface area contributed by atoms with Crippen molar-refractivity contribution in [2.75, 3.05) is 6.54 Å². The van der Waals surface area contributed by atoms with E-state index < -0.39 is 17.7 Å². The minimum absolute atomic E-state index is 0.00610. The zero-order chi connectivity index (χ0) is 25.1. The average molecular weight is 476 g/mol.